The molecule has 0 saturated carbocycles. The highest BCUT2D eigenvalue weighted by atomic mass is 16.5. The Hall–Kier alpha value is -4.37. The summed E-state index contributed by atoms with van der Waals surface area (Å²) in [6.07, 6.45) is 0. The van der Waals surface area contributed by atoms with Crippen molar-refractivity contribution in [2.45, 2.75) is 13.0 Å². The molecule has 6 nitrogen and oxygen atoms in total. The molecule has 1 aliphatic rings. The van der Waals surface area contributed by atoms with Gasteiger partial charge < -0.3 is 9.84 Å². The number of carbonyl (C=O) groups is 2. The molecule has 1 amide bonds. The molecule has 0 bridgehead atoms. The van der Waals surface area contributed by atoms with E-state index in [-0.39, 0.29) is 11.3 Å². The van der Waals surface area contributed by atoms with Gasteiger partial charge in [0.2, 0.25) is 0 Å². The van der Waals surface area contributed by atoms with Crippen LogP contribution in [0.5, 0.6) is 5.75 Å². The third-order valence-corrected chi connectivity index (χ3v) is 5.48. The Morgan fingerprint density at radius 2 is 1.59 bits per heavy atom. The first kappa shape index (κ1) is 20.9. The monoisotopic (exact) mass is 424 g/mol. The average Bonchev–Trinajstić information content (AvgIpc) is 3.09. The molecule has 0 aliphatic carbocycles. The molecule has 1 saturated heterocycles. The van der Waals surface area contributed by atoms with E-state index >= 15 is 0 Å². The van der Waals surface area contributed by atoms with Crippen molar-refractivity contribution >= 4 is 23.1 Å². The minimum absolute atomic E-state index is 0.00776. The van der Waals surface area contributed by atoms with E-state index in [2.05, 4.69) is 0 Å². The molecule has 0 aromatic heterocycles. The SMILES string of the molecule is COc1ccc(C2/C(=C(\O)c3ccc(C)cc3)C(=O)C(=O)N2c2ccc(C#N)cc2)cc1. The number of carbonyl (C=O) groups excluding carboxylic acids is 2. The van der Waals surface area contributed by atoms with Crippen molar-refractivity contribution in [3.8, 4) is 11.8 Å². The number of hydrogen-bond acceptors (Lipinski definition) is 5. The summed E-state index contributed by atoms with van der Waals surface area (Å²) < 4.78 is 5.23. The molecule has 1 fully saturated rings. The van der Waals surface area contributed by atoms with Crippen molar-refractivity contribution in [1.29, 1.82) is 5.26 Å². The van der Waals surface area contributed by atoms with Crippen LogP contribution in [0.15, 0.2) is 78.4 Å². The molecule has 1 atom stereocenters. The molecular formula is C26H20N2O4. The first-order valence-corrected chi connectivity index (χ1v) is 9.96. The zero-order valence-electron chi connectivity index (χ0n) is 17.6. The normalized spacial score (nSPS) is 17.3. The summed E-state index contributed by atoms with van der Waals surface area (Å²) in [5.74, 6) is -1.12. The van der Waals surface area contributed by atoms with Gasteiger partial charge in [0.25, 0.3) is 11.7 Å². The number of methoxy groups -OCH3 is 1. The van der Waals surface area contributed by atoms with Crippen molar-refractivity contribution in [2.75, 3.05) is 12.0 Å². The first-order valence-electron chi connectivity index (χ1n) is 9.96. The van der Waals surface area contributed by atoms with Gasteiger partial charge in [-0.1, -0.05) is 42.0 Å². The summed E-state index contributed by atoms with van der Waals surface area (Å²) in [4.78, 5) is 27.6. The molecule has 0 radical (unpaired) electrons. The van der Waals surface area contributed by atoms with Crippen LogP contribution in [0.25, 0.3) is 5.76 Å². The van der Waals surface area contributed by atoms with Gasteiger partial charge in [-0.15, -0.1) is 0 Å². The highest BCUT2D eigenvalue weighted by Gasteiger charge is 2.46. The maximum atomic E-state index is 13.1. The predicted octanol–water partition coefficient (Wildman–Crippen LogP) is 4.50. The fraction of sp³-hybridized carbons (Fsp3) is 0.115. The second-order valence-corrected chi connectivity index (χ2v) is 7.47. The zero-order chi connectivity index (χ0) is 22.8. The number of hydrogen-bond donors (Lipinski definition) is 1. The van der Waals surface area contributed by atoms with Gasteiger partial charge in [0, 0.05) is 11.3 Å². The van der Waals surface area contributed by atoms with Gasteiger partial charge >= 0.3 is 0 Å². The molecule has 0 spiro atoms. The van der Waals surface area contributed by atoms with Gasteiger partial charge in [0.15, 0.2) is 0 Å². The topological polar surface area (TPSA) is 90.6 Å². The summed E-state index contributed by atoms with van der Waals surface area (Å²) >= 11 is 0. The third-order valence-electron chi connectivity index (χ3n) is 5.48. The minimum atomic E-state index is -0.838. The van der Waals surface area contributed by atoms with E-state index in [4.69, 9.17) is 10.00 Å². The molecule has 6 heteroatoms. The van der Waals surface area contributed by atoms with Gasteiger partial charge in [-0.3, -0.25) is 14.5 Å². The molecule has 4 rings (SSSR count). The van der Waals surface area contributed by atoms with Crippen LogP contribution >= 0.6 is 0 Å². The van der Waals surface area contributed by atoms with Crippen molar-refractivity contribution < 1.29 is 19.4 Å². The zero-order valence-corrected chi connectivity index (χ0v) is 17.6. The number of aryl methyl sites for hydroxylation is 1. The maximum absolute atomic E-state index is 13.1. The average molecular weight is 424 g/mol. The standard InChI is InChI=1S/C26H20N2O4/c1-16-3-7-19(8-4-16)24(29)22-23(18-9-13-21(32-2)14-10-18)28(26(31)25(22)30)20-11-5-17(15-27)6-12-20/h3-14,23,29H,1-2H3/b24-22+. The number of nitriles is 1. The number of amides is 1. The fourth-order valence-electron chi connectivity index (χ4n) is 3.76. The molecule has 1 heterocycles. The smallest absolute Gasteiger partial charge is 0.300 e. The highest BCUT2D eigenvalue weighted by molar-refractivity contribution is 6.51. The molecule has 1 unspecified atom stereocenters. The van der Waals surface area contributed by atoms with Crippen LogP contribution in [0.3, 0.4) is 0 Å². The summed E-state index contributed by atoms with van der Waals surface area (Å²) in [5.41, 5.74) is 3.00. The summed E-state index contributed by atoms with van der Waals surface area (Å²) in [6.45, 7) is 1.92. The van der Waals surface area contributed by atoms with Gasteiger partial charge in [-0.2, -0.15) is 5.26 Å². The Kier molecular flexibility index (Phi) is 5.48. The van der Waals surface area contributed by atoms with Crippen molar-refractivity contribution in [3.63, 3.8) is 0 Å². The Labute approximate surface area is 185 Å². The Morgan fingerprint density at radius 3 is 2.16 bits per heavy atom. The van der Waals surface area contributed by atoms with Gasteiger partial charge in [0.05, 0.1) is 30.4 Å². The van der Waals surface area contributed by atoms with Gasteiger partial charge in [0.1, 0.15) is 11.5 Å². The van der Waals surface area contributed by atoms with Crippen molar-refractivity contribution in [2.24, 2.45) is 0 Å². The Bertz CT molecular complexity index is 1250. The lowest BCUT2D eigenvalue weighted by Gasteiger charge is -2.25. The molecule has 3 aromatic rings. The van der Waals surface area contributed by atoms with Crippen LogP contribution < -0.4 is 9.64 Å². The van der Waals surface area contributed by atoms with Crippen LogP contribution in [-0.4, -0.2) is 23.9 Å². The number of ketones is 1. The molecular weight excluding hydrogens is 404 g/mol. The van der Waals surface area contributed by atoms with Gasteiger partial charge in [-0.05, 0) is 48.9 Å². The minimum Gasteiger partial charge on any atom is -0.507 e. The van der Waals surface area contributed by atoms with Crippen molar-refractivity contribution in [3.05, 3.63) is 101 Å². The number of nitrogens with zero attached hydrogens (tertiary/aromatic N) is 2. The highest BCUT2D eigenvalue weighted by Crippen LogP contribution is 2.42. The number of aliphatic hydroxyl groups excluding tert-OH is 1. The predicted molar refractivity (Wildman–Crippen MR) is 120 cm³/mol. The quantitative estimate of drug-likeness (QED) is 0.378. The fourth-order valence-corrected chi connectivity index (χ4v) is 3.76. The number of benzene rings is 3. The van der Waals surface area contributed by atoms with E-state index in [1.54, 1.807) is 67.8 Å². The lowest BCUT2D eigenvalue weighted by atomic mass is 9.94. The van der Waals surface area contributed by atoms with Gasteiger partial charge in [-0.25, -0.2) is 0 Å². The number of anilines is 1. The van der Waals surface area contributed by atoms with Crippen molar-refractivity contribution in [1.82, 2.24) is 0 Å². The summed E-state index contributed by atoms with van der Waals surface area (Å²) in [6, 6.07) is 21.7. The third kappa shape index (κ3) is 3.61. The molecule has 1 aliphatic heterocycles. The number of ether oxygens (including phenoxy) is 1. The molecule has 32 heavy (non-hydrogen) atoms. The lowest BCUT2D eigenvalue weighted by molar-refractivity contribution is -0.132. The van der Waals surface area contributed by atoms with Crippen LogP contribution in [0.1, 0.15) is 28.3 Å². The van der Waals surface area contributed by atoms with E-state index in [0.29, 0.717) is 28.1 Å². The van der Waals surface area contributed by atoms with E-state index in [1.807, 2.05) is 25.1 Å². The second-order valence-electron chi connectivity index (χ2n) is 7.47. The Morgan fingerprint density at radius 1 is 0.969 bits per heavy atom. The van der Waals surface area contributed by atoms with E-state index < -0.39 is 17.7 Å². The van der Waals surface area contributed by atoms with Crippen LogP contribution in [-0.2, 0) is 9.59 Å². The Balaban J connectivity index is 1.91. The van der Waals surface area contributed by atoms with E-state index in [0.717, 1.165) is 5.56 Å². The second kappa shape index (κ2) is 8.40. The van der Waals surface area contributed by atoms with Crippen LogP contribution in [0, 0.1) is 18.3 Å². The van der Waals surface area contributed by atoms with Crippen LogP contribution in [0.4, 0.5) is 5.69 Å². The van der Waals surface area contributed by atoms with E-state index in [9.17, 15) is 14.7 Å². The molecule has 3 aromatic carbocycles. The number of rotatable bonds is 4. The first-order chi connectivity index (χ1) is 15.4. The van der Waals surface area contributed by atoms with Crippen LogP contribution in [0.2, 0.25) is 0 Å². The molecule has 158 valence electrons. The maximum Gasteiger partial charge on any atom is 0.300 e. The summed E-state index contributed by atoms with van der Waals surface area (Å²) in [7, 11) is 1.55. The number of aliphatic hydroxyl groups is 1. The van der Waals surface area contributed by atoms with E-state index in [1.165, 1.54) is 4.90 Å². The summed E-state index contributed by atoms with van der Waals surface area (Å²) in [5, 5.41) is 20.2. The number of Topliss-reactive ketones (excluding diaryl/α,β-unsaturated/α-hetero) is 1. The molecule has 1 N–H and O–H groups in total. The lowest BCUT2D eigenvalue weighted by Crippen LogP contribution is -2.29. The largest absolute Gasteiger partial charge is 0.507 e.